The number of amides is 2. The van der Waals surface area contributed by atoms with Gasteiger partial charge in [0.05, 0.1) is 35.6 Å². The maximum atomic E-state index is 17.0. The number of benzene rings is 1. The largest absolute Gasteiger partial charge is 0.456 e. The van der Waals surface area contributed by atoms with E-state index in [1.807, 2.05) is 13.8 Å². The van der Waals surface area contributed by atoms with Crippen LogP contribution in [0.4, 0.5) is 9.59 Å². The number of carbonyl (C=O) groups excluding carboxylic acids is 6. The first-order valence-corrected chi connectivity index (χ1v) is 34.0. The summed E-state index contributed by atoms with van der Waals surface area (Å²) in [5.41, 5.74) is -7.27. The lowest BCUT2D eigenvalue weighted by molar-refractivity contribution is -0.344. The Balaban J connectivity index is 1.94. The third-order valence-electron chi connectivity index (χ3n) is 18.5. The zero-order valence-corrected chi connectivity index (χ0v) is 54.1. The van der Waals surface area contributed by atoms with Crippen molar-refractivity contribution in [2.24, 2.45) is 16.7 Å². The van der Waals surface area contributed by atoms with Crippen molar-refractivity contribution in [2.75, 3.05) is 19.7 Å². The molecular weight excluding hydrogens is 1060 g/mol. The van der Waals surface area contributed by atoms with Crippen LogP contribution in [0, 0.1) is 16.7 Å². The van der Waals surface area contributed by atoms with Gasteiger partial charge in [0, 0.05) is 38.3 Å². The molecule has 1 saturated heterocycles. The van der Waals surface area contributed by atoms with E-state index in [-0.39, 0.29) is 53.9 Å². The van der Waals surface area contributed by atoms with Gasteiger partial charge < -0.3 is 52.6 Å². The van der Waals surface area contributed by atoms with Crippen molar-refractivity contribution in [3.63, 3.8) is 0 Å². The van der Waals surface area contributed by atoms with E-state index in [2.05, 4.69) is 67.6 Å². The minimum atomic E-state index is -3.04. The molecule has 2 saturated carbocycles. The van der Waals surface area contributed by atoms with E-state index in [1.165, 1.54) is 11.8 Å². The number of carbonyl (C=O) groups is 6. The number of rotatable bonds is 21. The fourth-order valence-electron chi connectivity index (χ4n) is 14.1. The smallest absolute Gasteiger partial charge is 0.410 e. The summed E-state index contributed by atoms with van der Waals surface area (Å²) >= 11 is 0. The molecule has 2 N–H and O–H groups in total. The number of alkyl carbamates (subject to hydrolysis) is 1. The van der Waals surface area contributed by atoms with Crippen molar-refractivity contribution in [3.05, 3.63) is 58.7 Å². The lowest BCUT2D eigenvalue weighted by Crippen LogP contribution is -2.82. The van der Waals surface area contributed by atoms with Gasteiger partial charge in [-0.25, -0.2) is 19.2 Å². The van der Waals surface area contributed by atoms with Crippen LogP contribution < -0.4 is 5.32 Å². The average Bonchev–Trinajstić information content (AvgIpc) is 3.35. The van der Waals surface area contributed by atoms with Gasteiger partial charge in [0.1, 0.15) is 29.5 Å². The van der Waals surface area contributed by atoms with Crippen molar-refractivity contribution in [3.8, 4) is 0 Å². The van der Waals surface area contributed by atoms with Gasteiger partial charge in [-0.15, -0.1) is 0 Å². The molecule has 3 aliphatic carbocycles. The minimum absolute atomic E-state index is 0.0352. The van der Waals surface area contributed by atoms with Crippen molar-refractivity contribution in [1.82, 2.24) is 10.2 Å². The van der Waals surface area contributed by atoms with Crippen molar-refractivity contribution >= 4 is 52.5 Å². The number of hydrogen-bond acceptors (Lipinski definition) is 15. The molecule has 2 bridgehead atoms. The summed E-state index contributed by atoms with van der Waals surface area (Å²) in [7, 11) is -5.73. The van der Waals surface area contributed by atoms with E-state index < -0.39 is 135 Å². The monoisotopic (exact) mass is 1150 g/mol. The zero-order valence-electron chi connectivity index (χ0n) is 52.1. The second-order valence-electron chi connectivity index (χ2n) is 25.7. The van der Waals surface area contributed by atoms with Gasteiger partial charge in [-0.3, -0.25) is 9.59 Å². The number of nitrogens with zero attached hydrogens (tertiary/aromatic N) is 1. The number of esters is 3. The second kappa shape index (κ2) is 25.2. The molecule has 1 aromatic carbocycles. The van der Waals surface area contributed by atoms with Gasteiger partial charge >= 0.3 is 30.1 Å². The van der Waals surface area contributed by atoms with Crippen LogP contribution in [0.2, 0.25) is 34.8 Å². The number of allylic oxidation sites excluding steroid dienone is 1. The number of ketones is 1. The molecule has 0 unspecified atom stereocenters. The van der Waals surface area contributed by atoms with Crippen molar-refractivity contribution < 1.29 is 71.1 Å². The molecule has 2 amide bonds. The molecule has 1 aromatic rings. The number of aliphatic hydroxyl groups is 1. The molecule has 11 atom stereocenters. The van der Waals surface area contributed by atoms with Gasteiger partial charge in [-0.05, 0) is 120 Å². The normalized spacial score (nSPS) is 28.2. The maximum Gasteiger partial charge on any atom is 0.410 e. The lowest BCUT2D eigenvalue weighted by Gasteiger charge is -2.68. The van der Waals surface area contributed by atoms with Crippen LogP contribution in [0.25, 0.3) is 0 Å². The molecule has 0 spiro atoms. The van der Waals surface area contributed by atoms with Gasteiger partial charge in [-0.1, -0.05) is 106 Å². The standard InChI is InChI=1S/C61H98N2O15Si2/c1-22-63(23-2)56(69)73-49-47-40(14)44(72-54(67)48(78-80(37(8)9,38(10)11)39(12)13)43(32-36(6)7)62-55(68)76-57(16,17)18)34-61(70,58(47,19)20)52(74-53(66)42-30-28-27-29-31-42)50-59(21,51(49)65)45(77-79(24-3,25-4)26-5)33-46-60(50,35-71-46)75-41(15)64/h27-32,37-39,43-46,48-50,52,70H,22-26,33-35H2,1-21H3,(H,62,68)/t43-,44-,45-,46+,48+,49+,50-,52-,59+,60-,61+/m0/s1. The predicted octanol–water partition coefficient (Wildman–Crippen LogP) is 11.6. The fraction of sp³-hybridized carbons (Fsp3) is 0.738. The quantitative estimate of drug-likeness (QED) is 0.0507. The molecular formula is C61H98N2O15Si2. The van der Waals surface area contributed by atoms with E-state index in [0.29, 0.717) is 23.7 Å². The van der Waals surface area contributed by atoms with E-state index in [0.717, 1.165) is 5.57 Å². The summed E-state index contributed by atoms with van der Waals surface area (Å²) < 4.78 is 53.8. The molecule has 1 aliphatic heterocycles. The summed E-state index contributed by atoms with van der Waals surface area (Å²) in [5, 5.41) is 17.6. The van der Waals surface area contributed by atoms with E-state index in [1.54, 1.807) is 98.7 Å². The van der Waals surface area contributed by atoms with Crippen molar-refractivity contribution in [2.45, 2.75) is 252 Å². The minimum Gasteiger partial charge on any atom is -0.456 e. The average molecular weight is 1160 g/mol. The Hall–Kier alpha value is -4.41. The molecule has 19 heteroatoms. The first-order chi connectivity index (χ1) is 37.1. The highest BCUT2D eigenvalue weighted by Gasteiger charge is 2.79. The number of fused-ring (bicyclic) bond motifs is 5. The number of nitrogens with one attached hydrogen (secondary N) is 1. The second-order valence-corrected chi connectivity index (χ2v) is 35.9. The summed E-state index contributed by atoms with van der Waals surface area (Å²) in [5.74, 6) is -4.52. The van der Waals surface area contributed by atoms with Crippen LogP contribution >= 0.6 is 0 Å². The highest BCUT2D eigenvalue weighted by molar-refractivity contribution is 6.77. The lowest BCUT2D eigenvalue weighted by atomic mass is 9.44. The zero-order chi connectivity index (χ0) is 60.5. The highest BCUT2D eigenvalue weighted by Crippen LogP contribution is 2.65. The summed E-state index contributed by atoms with van der Waals surface area (Å²) in [4.78, 5) is 91.7. The molecule has 0 aromatic heterocycles. The molecule has 1 heterocycles. The van der Waals surface area contributed by atoms with Crippen LogP contribution in [-0.4, -0.2) is 142 Å². The van der Waals surface area contributed by atoms with Crippen LogP contribution in [0.15, 0.2) is 53.1 Å². The topological polar surface area (TPSA) is 212 Å². The summed E-state index contributed by atoms with van der Waals surface area (Å²) in [6.45, 7) is 39.4. The molecule has 17 nitrogen and oxygen atoms in total. The Morgan fingerprint density at radius 3 is 1.89 bits per heavy atom. The van der Waals surface area contributed by atoms with Crippen LogP contribution in [0.1, 0.15) is 169 Å². The fourth-order valence-corrected chi connectivity index (χ4v) is 22.5. The Kier molecular flexibility index (Phi) is 20.9. The Bertz CT molecular complexity index is 2450. The van der Waals surface area contributed by atoms with E-state index >= 15 is 14.4 Å². The predicted molar refractivity (Wildman–Crippen MR) is 311 cm³/mol. The molecule has 0 radical (unpaired) electrons. The molecule has 4 aliphatic rings. The Morgan fingerprint density at radius 2 is 1.43 bits per heavy atom. The number of Topliss-reactive ketones (excluding diaryl/α,β-unsaturated/α-hetero) is 1. The first kappa shape index (κ1) is 66.4. The van der Waals surface area contributed by atoms with Crippen LogP contribution in [0.3, 0.4) is 0 Å². The molecule has 80 heavy (non-hydrogen) atoms. The van der Waals surface area contributed by atoms with Crippen LogP contribution in [-0.2, 0) is 51.7 Å². The van der Waals surface area contributed by atoms with Gasteiger partial charge in [-0.2, -0.15) is 0 Å². The SMILES string of the molecule is CCN(CC)C(=O)O[C@H]1C(=O)[C@]2(C)[C@@H](O[Si](CC)(CC)CC)C[C@H]3OC[C@@]3(OC(C)=O)[C@H]2[C@H](OC(=O)c2ccccc2)[C@]2(O)C[C@H](OC(=O)[C@H](O[Si](C(C)C)(C(C)C)C(C)C)[C@H](C=C(C)C)NC(=O)OC(C)(C)C)C(C)=C1C2(C)C. The van der Waals surface area contributed by atoms with Crippen LogP contribution in [0.5, 0.6) is 0 Å². The van der Waals surface area contributed by atoms with E-state index in [4.69, 9.17) is 37.3 Å². The highest BCUT2D eigenvalue weighted by atomic mass is 28.4. The maximum absolute atomic E-state index is 17.0. The molecule has 3 fully saturated rings. The first-order valence-electron chi connectivity index (χ1n) is 29.3. The Labute approximate surface area is 479 Å². The van der Waals surface area contributed by atoms with Crippen molar-refractivity contribution in [1.29, 1.82) is 0 Å². The number of hydrogen-bond donors (Lipinski definition) is 2. The van der Waals surface area contributed by atoms with Gasteiger partial charge in [0.2, 0.25) is 8.32 Å². The summed E-state index contributed by atoms with van der Waals surface area (Å²) in [6.07, 6.45) is -8.58. The third-order valence-corrected chi connectivity index (χ3v) is 29.2. The number of ether oxygens (including phenoxy) is 6. The summed E-state index contributed by atoms with van der Waals surface area (Å²) in [6, 6.07) is 9.18. The third kappa shape index (κ3) is 12.4. The Morgan fingerprint density at radius 1 is 0.863 bits per heavy atom. The molecule has 5 rings (SSSR count). The van der Waals surface area contributed by atoms with E-state index in [9.17, 15) is 19.5 Å². The molecule has 450 valence electrons. The van der Waals surface area contributed by atoms with Gasteiger partial charge in [0.15, 0.2) is 31.9 Å². The van der Waals surface area contributed by atoms with Gasteiger partial charge in [0.25, 0.3) is 0 Å².